The second kappa shape index (κ2) is 7.49. The van der Waals surface area contributed by atoms with Crippen LogP contribution in [-0.4, -0.2) is 40.8 Å². The van der Waals surface area contributed by atoms with Gasteiger partial charge in [-0.1, -0.05) is 23.1 Å². The van der Waals surface area contributed by atoms with E-state index in [9.17, 15) is 14.0 Å². The molecule has 3 rings (SSSR count). The molecular weight excluding hydrogens is 365 g/mol. The molecule has 1 fully saturated rings. The highest BCUT2D eigenvalue weighted by molar-refractivity contribution is 8.01. The van der Waals surface area contributed by atoms with Crippen molar-refractivity contribution in [3.63, 3.8) is 0 Å². The third-order valence-corrected chi connectivity index (χ3v) is 5.71. The maximum atomic E-state index is 13.7. The Bertz CT molecular complexity index is 808. The summed E-state index contributed by atoms with van der Waals surface area (Å²) in [5, 5.41) is 8.64. The average Bonchev–Trinajstić information content (AvgIpc) is 3.30. The standard InChI is InChI=1S/C16H16FN3O3S2/c1-9(21)20(11-4-5-11)15-18-19-16(25-15)24-8-13(22)10-3-6-14(23-2)12(17)7-10/h3,6-7,11H,4-5,8H2,1-2H3. The van der Waals surface area contributed by atoms with Gasteiger partial charge in [-0.05, 0) is 31.0 Å². The Balaban J connectivity index is 1.63. The first-order valence-electron chi connectivity index (χ1n) is 7.62. The molecule has 0 unspecified atom stereocenters. The summed E-state index contributed by atoms with van der Waals surface area (Å²) >= 11 is 2.51. The molecule has 0 radical (unpaired) electrons. The van der Waals surface area contributed by atoms with Crippen molar-refractivity contribution in [3.05, 3.63) is 29.6 Å². The van der Waals surface area contributed by atoms with E-state index < -0.39 is 5.82 Å². The minimum Gasteiger partial charge on any atom is -0.494 e. The molecule has 9 heteroatoms. The number of hydrogen-bond acceptors (Lipinski definition) is 7. The number of thioether (sulfide) groups is 1. The molecule has 0 aliphatic heterocycles. The van der Waals surface area contributed by atoms with Gasteiger partial charge >= 0.3 is 0 Å². The van der Waals surface area contributed by atoms with Crippen LogP contribution in [-0.2, 0) is 4.79 Å². The lowest BCUT2D eigenvalue weighted by atomic mass is 10.1. The van der Waals surface area contributed by atoms with Crippen molar-refractivity contribution in [2.45, 2.75) is 30.1 Å². The molecule has 1 heterocycles. The minimum atomic E-state index is -0.571. The zero-order chi connectivity index (χ0) is 18.0. The first kappa shape index (κ1) is 17.8. The number of rotatable bonds is 7. The van der Waals surface area contributed by atoms with Crippen molar-refractivity contribution in [1.82, 2.24) is 10.2 Å². The van der Waals surface area contributed by atoms with E-state index in [0.29, 0.717) is 9.47 Å². The number of amides is 1. The van der Waals surface area contributed by atoms with E-state index in [1.165, 1.54) is 49.3 Å². The van der Waals surface area contributed by atoms with Crippen LogP contribution in [0.2, 0.25) is 0 Å². The first-order valence-corrected chi connectivity index (χ1v) is 9.42. The summed E-state index contributed by atoms with van der Waals surface area (Å²) in [6.07, 6.45) is 1.95. The zero-order valence-corrected chi connectivity index (χ0v) is 15.3. The Hall–Kier alpha value is -2.00. The number of Topliss-reactive ketones (excluding diaryl/α,β-unsaturated/α-hetero) is 1. The van der Waals surface area contributed by atoms with E-state index in [0.717, 1.165) is 18.9 Å². The van der Waals surface area contributed by atoms with E-state index in [2.05, 4.69) is 10.2 Å². The zero-order valence-electron chi connectivity index (χ0n) is 13.7. The number of aromatic nitrogens is 2. The lowest BCUT2D eigenvalue weighted by molar-refractivity contribution is -0.116. The Morgan fingerprint density at radius 1 is 1.40 bits per heavy atom. The third kappa shape index (κ3) is 4.16. The van der Waals surface area contributed by atoms with Crippen LogP contribution in [0.4, 0.5) is 9.52 Å². The Morgan fingerprint density at radius 2 is 2.16 bits per heavy atom. The van der Waals surface area contributed by atoms with Crippen LogP contribution >= 0.6 is 23.1 Å². The average molecular weight is 381 g/mol. The molecule has 0 bridgehead atoms. The van der Waals surface area contributed by atoms with Crippen molar-refractivity contribution in [2.24, 2.45) is 0 Å². The fraction of sp³-hybridized carbons (Fsp3) is 0.375. The van der Waals surface area contributed by atoms with Gasteiger partial charge in [0.25, 0.3) is 0 Å². The molecule has 0 spiro atoms. The Morgan fingerprint density at radius 3 is 2.76 bits per heavy atom. The molecule has 1 amide bonds. The lowest BCUT2D eigenvalue weighted by Gasteiger charge is -2.15. The highest BCUT2D eigenvalue weighted by Crippen LogP contribution is 2.35. The molecular formula is C16H16FN3O3S2. The van der Waals surface area contributed by atoms with Crippen LogP contribution < -0.4 is 9.64 Å². The Labute approximate surface area is 152 Å². The number of benzene rings is 1. The second-order valence-corrected chi connectivity index (χ2v) is 7.71. The number of nitrogens with zero attached hydrogens (tertiary/aromatic N) is 3. The van der Waals surface area contributed by atoms with Crippen molar-refractivity contribution in [3.8, 4) is 5.75 Å². The summed E-state index contributed by atoms with van der Waals surface area (Å²) in [7, 11) is 1.37. The van der Waals surface area contributed by atoms with Gasteiger partial charge in [-0.25, -0.2) is 4.39 Å². The van der Waals surface area contributed by atoms with Crippen LogP contribution in [0.1, 0.15) is 30.1 Å². The molecule has 1 aromatic carbocycles. The van der Waals surface area contributed by atoms with Crippen LogP contribution in [0.15, 0.2) is 22.5 Å². The predicted molar refractivity (Wildman–Crippen MR) is 94.1 cm³/mol. The summed E-state index contributed by atoms with van der Waals surface area (Å²) in [5.74, 6) is -0.626. The fourth-order valence-corrected chi connectivity index (χ4v) is 4.14. The quantitative estimate of drug-likeness (QED) is 0.417. The van der Waals surface area contributed by atoms with Gasteiger partial charge in [0, 0.05) is 18.5 Å². The SMILES string of the molecule is COc1ccc(C(=O)CSc2nnc(N(C(C)=O)C3CC3)s2)cc1F. The maximum Gasteiger partial charge on any atom is 0.225 e. The monoisotopic (exact) mass is 381 g/mol. The molecule has 0 saturated heterocycles. The van der Waals surface area contributed by atoms with Gasteiger partial charge in [-0.2, -0.15) is 0 Å². The largest absolute Gasteiger partial charge is 0.494 e. The third-order valence-electron chi connectivity index (χ3n) is 3.65. The highest BCUT2D eigenvalue weighted by atomic mass is 32.2. The van der Waals surface area contributed by atoms with Gasteiger partial charge in [0.2, 0.25) is 11.0 Å². The summed E-state index contributed by atoms with van der Waals surface area (Å²) in [4.78, 5) is 25.6. The summed E-state index contributed by atoms with van der Waals surface area (Å²) in [6.45, 7) is 1.51. The molecule has 1 saturated carbocycles. The van der Waals surface area contributed by atoms with Crippen LogP contribution in [0.3, 0.4) is 0 Å². The topological polar surface area (TPSA) is 72.4 Å². The van der Waals surface area contributed by atoms with E-state index in [4.69, 9.17) is 4.74 Å². The molecule has 1 aliphatic rings. The van der Waals surface area contributed by atoms with Crippen molar-refractivity contribution in [1.29, 1.82) is 0 Å². The van der Waals surface area contributed by atoms with E-state index in [-0.39, 0.29) is 34.8 Å². The second-order valence-electron chi connectivity index (χ2n) is 5.53. The number of hydrogen-bond donors (Lipinski definition) is 0. The number of halogens is 1. The van der Waals surface area contributed by atoms with Crippen molar-refractivity contribution in [2.75, 3.05) is 17.8 Å². The molecule has 25 heavy (non-hydrogen) atoms. The molecule has 2 aromatic rings. The van der Waals surface area contributed by atoms with Crippen molar-refractivity contribution >= 4 is 39.9 Å². The normalized spacial score (nSPS) is 13.6. The van der Waals surface area contributed by atoms with Gasteiger partial charge < -0.3 is 4.74 Å². The van der Waals surface area contributed by atoms with Gasteiger partial charge in [0.05, 0.1) is 12.9 Å². The number of anilines is 1. The molecule has 6 nitrogen and oxygen atoms in total. The number of ketones is 1. The number of methoxy groups -OCH3 is 1. The van der Waals surface area contributed by atoms with Crippen LogP contribution in [0.25, 0.3) is 0 Å². The highest BCUT2D eigenvalue weighted by Gasteiger charge is 2.34. The summed E-state index contributed by atoms with van der Waals surface area (Å²) < 4.78 is 19.1. The Kier molecular flexibility index (Phi) is 5.33. The summed E-state index contributed by atoms with van der Waals surface area (Å²) in [6, 6.07) is 4.34. The number of ether oxygens (including phenoxy) is 1. The van der Waals surface area contributed by atoms with Gasteiger partial charge in [-0.3, -0.25) is 14.5 Å². The summed E-state index contributed by atoms with van der Waals surface area (Å²) in [5.41, 5.74) is 0.277. The van der Waals surface area contributed by atoms with E-state index in [1.54, 1.807) is 4.90 Å². The molecule has 1 aliphatic carbocycles. The van der Waals surface area contributed by atoms with Crippen LogP contribution in [0.5, 0.6) is 5.75 Å². The molecule has 0 N–H and O–H groups in total. The predicted octanol–water partition coefficient (Wildman–Crippen LogP) is 3.18. The molecule has 1 aromatic heterocycles. The van der Waals surface area contributed by atoms with E-state index in [1.807, 2.05) is 0 Å². The minimum absolute atomic E-state index is 0.0556. The smallest absolute Gasteiger partial charge is 0.225 e. The lowest BCUT2D eigenvalue weighted by Crippen LogP contribution is -2.30. The number of carbonyl (C=O) groups is 2. The van der Waals surface area contributed by atoms with Crippen molar-refractivity contribution < 1.29 is 18.7 Å². The van der Waals surface area contributed by atoms with E-state index >= 15 is 0 Å². The fourth-order valence-electron chi connectivity index (χ4n) is 2.29. The van der Waals surface area contributed by atoms with Gasteiger partial charge in [0.1, 0.15) is 0 Å². The molecule has 0 atom stereocenters. The number of carbonyl (C=O) groups excluding carboxylic acids is 2. The first-order chi connectivity index (χ1) is 12.0. The van der Waals surface area contributed by atoms with Gasteiger partial charge in [-0.15, -0.1) is 10.2 Å². The van der Waals surface area contributed by atoms with Gasteiger partial charge in [0.15, 0.2) is 21.7 Å². The molecule has 132 valence electrons. The van der Waals surface area contributed by atoms with Crippen LogP contribution in [0, 0.1) is 5.82 Å². The maximum absolute atomic E-state index is 13.7.